The van der Waals surface area contributed by atoms with Crippen LogP contribution >= 0.6 is 0 Å². The lowest BCUT2D eigenvalue weighted by molar-refractivity contribution is 0.246. The molecule has 0 N–H and O–H groups in total. The molecule has 2 atom stereocenters. The Morgan fingerprint density at radius 1 is 0.657 bits per heavy atom. The first-order valence-corrected chi connectivity index (χ1v) is 15.6. The molecule has 0 aliphatic carbocycles. The van der Waals surface area contributed by atoms with E-state index in [4.69, 9.17) is 4.74 Å². The number of benzene rings is 2. The monoisotopic (exact) mass is 520 g/mol. The lowest BCUT2D eigenvalue weighted by Gasteiger charge is -2.34. The summed E-state index contributed by atoms with van der Waals surface area (Å²) in [5.41, 5.74) is 0. The minimum absolute atomic E-state index is 0.0528. The van der Waals surface area contributed by atoms with Gasteiger partial charge in [-0.15, -0.1) is 0 Å². The Hall–Kier alpha value is -1.94. The molecule has 7 nitrogen and oxygen atoms in total. The zero-order chi connectivity index (χ0) is 25.1. The highest BCUT2D eigenvalue weighted by Crippen LogP contribution is 2.31. The average molecular weight is 521 g/mol. The maximum absolute atomic E-state index is 13.2. The number of nitrogens with zero attached hydrogens (tertiary/aromatic N) is 2. The van der Waals surface area contributed by atoms with Gasteiger partial charge >= 0.3 is 0 Å². The number of rotatable bonds is 8. The quantitative estimate of drug-likeness (QED) is 0.466. The van der Waals surface area contributed by atoms with E-state index in [1.807, 2.05) is 13.8 Å². The molecule has 0 radical (unpaired) electrons. The first-order chi connectivity index (χ1) is 16.8. The van der Waals surface area contributed by atoms with Crippen molar-refractivity contribution in [3.8, 4) is 11.5 Å². The van der Waals surface area contributed by atoms with Crippen molar-refractivity contribution in [1.29, 1.82) is 0 Å². The number of ether oxygens (including phenoxy) is 1. The van der Waals surface area contributed by atoms with Gasteiger partial charge in [-0.1, -0.05) is 26.7 Å². The molecule has 2 heterocycles. The Morgan fingerprint density at radius 3 is 1.37 bits per heavy atom. The summed E-state index contributed by atoms with van der Waals surface area (Å²) >= 11 is 0. The topological polar surface area (TPSA) is 84.0 Å². The van der Waals surface area contributed by atoms with Crippen molar-refractivity contribution in [2.45, 2.75) is 87.1 Å². The lowest BCUT2D eigenvalue weighted by Crippen LogP contribution is -2.43. The molecule has 2 aliphatic heterocycles. The van der Waals surface area contributed by atoms with E-state index in [2.05, 4.69) is 0 Å². The van der Waals surface area contributed by atoms with E-state index in [1.165, 1.54) is 0 Å². The van der Waals surface area contributed by atoms with Crippen molar-refractivity contribution in [3.63, 3.8) is 0 Å². The van der Waals surface area contributed by atoms with Crippen LogP contribution in [0.15, 0.2) is 58.3 Å². The van der Waals surface area contributed by atoms with E-state index >= 15 is 0 Å². The first-order valence-electron chi connectivity index (χ1n) is 12.7. The van der Waals surface area contributed by atoms with Gasteiger partial charge in [-0.05, 0) is 87.1 Å². The van der Waals surface area contributed by atoms with Crippen LogP contribution in [-0.4, -0.2) is 50.6 Å². The van der Waals surface area contributed by atoms with Crippen LogP contribution in [0.3, 0.4) is 0 Å². The van der Waals surface area contributed by atoms with Crippen molar-refractivity contribution < 1.29 is 21.6 Å². The number of hydrogen-bond donors (Lipinski definition) is 0. The third kappa shape index (κ3) is 5.58. The molecule has 2 aromatic carbocycles. The van der Waals surface area contributed by atoms with Crippen LogP contribution in [0.4, 0.5) is 0 Å². The molecule has 2 aliphatic rings. The molecule has 192 valence electrons. The second-order valence-corrected chi connectivity index (χ2v) is 13.2. The van der Waals surface area contributed by atoms with E-state index in [9.17, 15) is 16.8 Å². The Balaban J connectivity index is 1.46. The Kier molecular flexibility index (Phi) is 8.20. The van der Waals surface area contributed by atoms with Crippen LogP contribution in [0.1, 0.15) is 65.2 Å². The summed E-state index contributed by atoms with van der Waals surface area (Å²) < 4.78 is 61.8. The molecule has 0 spiro atoms. The van der Waals surface area contributed by atoms with Gasteiger partial charge in [0.1, 0.15) is 11.5 Å². The fourth-order valence-corrected chi connectivity index (χ4v) is 8.70. The summed E-state index contributed by atoms with van der Waals surface area (Å²) in [5, 5.41) is 0. The standard InChI is InChI=1S/C26H36N2O5S2/c1-3-21-9-5-7-19-27(21)34(29,30)25-15-11-23(12-16-25)33-24-13-17-26(18-14-24)35(31,32)28-20-8-6-10-22(28)4-2/h11-18,21-22H,3-10,19-20H2,1-2H3. The highest BCUT2D eigenvalue weighted by molar-refractivity contribution is 7.89. The molecule has 4 rings (SSSR count). The van der Waals surface area contributed by atoms with Gasteiger partial charge in [0.05, 0.1) is 9.79 Å². The number of sulfonamides is 2. The molecule has 2 unspecified atom stereocenters. The van der Waals surface area contributed by atoms with Gasteiger partial charge in [0.25, 0.3) is 0 Å². The molecule has 9 heteroatoms. The molecule has 2 saturated heterocycles. The van der Waals surface area contributed by atoms with Crippen molar-refractivity contribution in [1.82, 2.24) is 8.61 Å². The molecule has 0 bridgehead atoms. The minimum atomic E-state index is -3.55. The Bertz CT molecular complexity index is 1100. The summed E-state index contributed by atoms with van der Waals surface area (Å²) in [7, 11) is -7.09. The van der Waals surface area contributed by atoms with Crippen LogP contribution in [0.5, 0.6) is 11.5 Å². The zero-order valence-electron chi connectivity index (χ0n) is 20.6. The molecule has 35 heavy (non-hydrogen) atoms. The third-order valence-corrected chi connectivity index (χ3v) is 11.1. The van der Waals surface area contributed by atoms with Crippen molar-refractivity contribution in [2.75, 3.05) is 13.1 Å². The van der Waals surface area contributed by atoms with E-state index in [-0.39, 0.29) is 21.9 Å². The van der Waals surface area contributed by atoms with E-state index in [0.717, 1.165) is 51.4 Å². The number of piperidine rings is 2. The highest BCUT2D eigenvalue weighted by atomic mass is 32.2. The predicted molar refractivity (Wildman–Crippen MR) is 137 cm³/mol. The van der Waals surface area contributed by atoms with Crippen molar-refractivity contribution in [3.05, 3.63) is 48.5 Å². The summed E-state index contributed by atoms with van der Waals surface area (Å²) in [4.78, 5) is 0.525. The van der Waals surface area contributed by atoms with Gasteiger partial charge in [-0.25, -0.2) is 16.8 Å². The fourth-order valence-electron chi connectivity index (χ4n) is 5.16. The molecule has 0 saturated carbocycles. The number of hydrogen-bond acceptors (Lipinski definition) is 5. The summed E-state index contributed by atoms with van der Waals surface area (Å²) in [6.07, 6.45) is 7.33. The molecule has 2 fully saturated rings. The van der Waals surface area contributed by atoms with E-state index in [0.29, 0.717) is 24.6 Å². The van der Waals surface area contributed by atoms with Gasteiger partial charge in [0.2, 0.25) is 20.0 Å². The lowest BCUT2D eigenvalue weighted by atomic mass is 10.0. The maximum Gasteiger partial charge on any atom is 0.243 e. The van der Waals surface area contributed by atoms with Crippen LogP contribution in [0.2, 0.25) is 0 Å². The Labute approximate surface area is 210 Å². The smallest absolute Gasteiger partial charge is 0.243 e. The SMILES string of the molecule is CCC1CCCCN1S(=O)(=O)c1ccc(Oc2ccc(S(=O)(=O)N3CCCCC3CC)cc2)cc1. The van der Waals surface area contributed by atoms with Crippen LogP contribution in [0.25, 0.3) is 0 Å². The second kappa shape index (κ2) is 11.0. The van der Waals surface area contributed by atoms with Gasteiger partial charge < -0.3 is 4.74 Å². The highest BCUT2D eigenvalue weighted by Gasteiger charge is 2.33. The van der Waals surface area contributed by atoms with E-state index < -0.39 is 20.0 Å². The van der Waals surface area contributed by atoms with Gasteiger partial charge in [-0.3, -0.25) is 0 Å². The average Bonchev–Trinajstić information content (AvgIpc) is 2.89. The van der Waals surface area contributed by atoms with Crippen LogP contribution in [-0.2, 0) is 20.0 Å². The van der Waals surface area contributed by atoms with Gasteiger partial charge in [0.15, 0.2) is 0 Å². The molecule has 2 aromatic rings. The molecular weight excluding hydrogens is 484 g/mol. The normalized spacial score (nSPS) is 22.7. The molecular formula is C26H36N2O5S2. The Morgan fingerprint density at radius 2 is 1.03 bits per heavy atom. The predicted octanol–water partition coefficient (Wildman–Crippen LogP) is 5.39. The second-order valence-electron chi connectivity index (χ2n) is 9.39. The molecule has 0 aromatic heterocycles. The maximum atomic E-state index is 13.2. The summed E-state index contributed by atoms with van der Waals surface area (Å²) in [5.74, 6) is 0.986. The minimum Gasteiger partial charge on any atom is -0.457 e. The van der Waals surface area contributed by atoms with Gasteiger partial charge in [-0.2, -0.15) is 8.61 Å². The van der Waals surface area contributed by atoms with Crippen LogP contribution < -0.4 is 4.74 Å². The zero-order valence-corrected chi connectivity index (χ0v) is 22.2. The third-order valence-electron chi connectivity index (χ3n) is 7.19. The summed E-state index contributed by atoms with van der Waals surface area (Å²) in [6.45, 7) is 5.18. The van der Waals surface area contributed by atoms with Gasteiger partial charge in [0, 0.05) is 25.2 Å². The van der Waals surface area contributed by atoms with Crippen molar-refractivity contribution >= 4 is 20.0 Å². The van der Waals surface area contributed by atoms with Crippen molar-refractivity contribution in [2.24, 2.45) is 0 Å². The fraction of sp³-hybridized carbons (Fsp3) is 0.538. The summed E-state index contributed by atoms with van der Waals surface area (Å²) in [6, 6.07) is 13.0. The van der Waals surface area contributed by atoms with Crippen LogP contribution in [0, 0.1) is 0 Å². The first kappa shape index (κ1) is 26.1. The van der Waals surface area contributed by atoms with E-state index in [1.54, 1.807) is 57.1 Å². The largest absolute Gasteiger partial charge is 0.457 e. The molecule has 0 amide bonds.